The van der Waals surface area contributed by atoms with E-state index in [1.165, 1.54) is 17.8 Å². The minimum absolute atomic E-state index is 0.0320. The summed E-state index contributed by atoms with van der Waals surface area (Å²) in [6, 6.07) is 13.4. The second-order valence-corrected chi connectivity index (χ2v) is 9.50. The van der Waals surface area contributed by atoms with E-state index in [0.717, 1.165) is 25.5 Å². The van der Waals surface area contributed by atoms with Gasteiger partial charge in [0, 0.05) is 19.2 Å². The molecule has 0 atom stereocenters. The van der Waals surface area contributed by atoms with Crippen molar-refractivity contribution >= 4 is 21.8 Å². The normalized spacial score (nSPS) is 15.1. The van der Waals surface area contributed by atoms with E-state index >= 15 is 0 Å². The Labute approximate surface area is 176 Å². The van der Waals surface area contributed by atoms with Gasteiger partial charge in [-0.1, -0.05) is 30.3 Å². The number of sulfonamides is 1. The number of carbonyl (C=O) groups is 2. The number of hydrazine groups is 1. The number of hydrogen-bond donors (Lipinski definition) is 1. The molecule has 1 aliphatic rings. The summed E-state index contributed by atoms with van der Waals surface area (Å²) in [5, 5.41) is 0. The Hall–Kier alpha value is -2.78. The maximum absolute atomic E-state index is 12.7. The smallest absolute Gasteiger partial charge is 0.288 e. The van der Waals surface area contributed by atoms with Gasteiger partial charge in [-0.15, -0.1) is 0 Å². The molecule has 2 heterocycles. The predicted molar refractivity (Wildman–Crippen MR) is 111 cm³/mol. The highest BCUT2D eigenvalue weighted by molar-refractivity contribution is 7.88. The first-order valence-electron chi connectivity index (χ1n) is 9.84. The van der Waals surface area contributed by atoms with Gasteiger partial charge in [0.15, 0.2) is 12.4 Å². The van der Waals surface area contributed by atoms with E-state index in [0.29, 0.717) is 19.0 Å². The fraction of sp³-hybridized carbons (Fsp3) is 0.381. The fourth-order valence-electron chi connectivity index (χ4n) is 3.61. The van der Waals surface area contributed by atoms with Crippen LogP contribution in [0.25, 0.3) is 0 Å². The Morgan fingerprint density at radius 3 is 2.43 bits per heavy atom. The van der Waals surface area contributed by atoms with Crippen molar-refractivity contribution in [3.63, 3.8) is 0 Å². The van der Waals surface area contributed by atoms with Crippen molar-refractivity contribution < 1.29 is 22.6 Å². The van der Waals surface area contributed by atoms with Gasteiger partial charge in [-0.25, -0.2) is 14.3 Å². The summed E-state index contributed by atoms with van der Waals surface area (Å²) in [6.45, 7) is 1.49. The third kappa shape index (κ3) is 5.64. The fourth-order valence-corrected chi connectivity index (χ4v) is 4.02. The number of pyridine rings is 1. The van der Waals surface area contributed by atoms with Crippen molar-refractivity contribution in [2.45, 2.75) is 25.8 Å². The number of carbonyl (C=O) groups excluding carboxylic acids is 2. The molecule has 8 nitrogen and oxygen atoms in total. The van der Waals surface area contributed by atoms with Crippen molar-refractivity contribution in [1.29, 1.82) is 0 Å². The highest BCUT2D eigenvalue weighted by atomic mass is 32.2. The molecule has 9 heteroatoms. The monoisotopic (exact) mass is 431 g/mol. The molecule has 1 aromatic carbocycles. The Balaban J connectivity index is 1.56. The van der Waals surface area contributed by atoms with Crippen LogP contribution in [0.2, 0.25) is 0 Å². The SMILES string of the molecule is CS(=O)(=O)N(N)C(=O)c1ccc[n+](CC(=O)N2CCC(Cc3ccccc3)CC2)c1. The molecule has 0 unspecified atom stereocenters. The average Bonchev–Trinajstić information content (AvgIpc) is 2.73. The van der Waals surface area contributed by atoms with Crippen LogP contribution >= 0.6 is 0 Å². The van der Waals surface area contributed by atoms with Crippen LogP contribution in [0.5, 0.6) is 0 Å². The molecule has 0 aliphatic carbocycles. The largest absolute Gasteiger partial charge is 0.337 e. The average molecular weight is 432 g/mol. The maximum atomic E-state index is 12.7. The first-order valence-corrected chi connectivity index (χ1v) is 11.7. The van der Waals surface area contributed by atoms with Crippen LogP contribution in [-0.2, 0) is 27.8 Å². The lowest BCUT2D eigenvalue weighted by molar-refractivity contribution is -0.685. The van der Waals surface area contributed by atoms with Gasteiger partial charge < -0.3 is 4.90 Å². The zero-order valence-corrected chi connectivity index (χ0v) is 17.8. The molecule has 0 saturated carbocycles. The van der Waals surface area contributed by atoms with Crippen LogP contribution in [0.1, 0.15) is 28.8 Å². The number of nitrogens with zero attached hydrogens (tertiary/aromatic N) is 3. The third-order valence-electron chi connectivity index (χ3n) is 5.31. The number of aromatic nitrogens is 1. The van der Waals surface area contributed by atoms with Crippen LogP contribution in [0.15, 0.2) is 54.9 Å². The van der Waals surface area contributed by atoms with Gasteiger partial charge in [-0.3, -0.25) is 9.59 Å². The lowest BCUT2D eigenvalue weighted by Gasteiger charge is -2.31. The van der Waals surface area contributed by atoms with Crippen molar-refractivity contribution in [2.75, 3.05) is 19.3 Å². The van der Waals surface area contributed by atoms with Gasteiger partial charge in [-0.05, 0) is 36.8 Å². The summed E-state index contributed by atoms with van der Waals surface area (Å²) in [5.41, 5.74) is 1.42. The Bertz CT molecular complexity index is 1000. The molecular formula is C21H27N4O4S+. The molecule has 1 saturated heterocycles. The van der Waals surface area contributed by atoms with E-state index < -0.39 is 15.9 Å². The van der Waals surface area contributed by atoms with Crippen LogP contribution in [-0.4, -0.2) is 48.9 Å². The van der Waals surface area contributed by atoms with Crippen molar-refractivity contribution in [1.82, 2.24) is 9.31 Å². The minimum atomic E-state index is -3.85. The lowest BCUT2D eigenvalue weighted by atomic mass is 9.90. The molecule has 0 bridgehead atoms. The van der Waals surface area contributed by atoms with Gasteiger partial charge in [0.2, 0.25) is 16.6 Å². The summed E-state index contributed by atoms with van der Waals surface area (Å²) in [5.74, 6) is 5.06. The molecule has 0 spiro atoms. The summed E-state index contributed by atoms with van der Waals surface area (Å²) in [4.78, 5) is 26.8. The standard InChI is InChI=1S/C21H27N4O4S/c1-30(28,29)25(22)21(27)19-8-5-11-23(15-19)16-20(26)24-12-9-18(10-13-24)14-17-6-3-2-4-7-17/h2-8,11,15,18H,9-10,12-14,16,22H2,1H3/q+1. The quantitative estimate of drug-likeness (QED) is 0.314. The molecule has 160 valence electrons. The molecule has 1 aromatic heterocycles. The molecule has 2 N–H and O–H groups in total. The Kier molecular flexibility index (Phi) is 6.84. The second-order valence-electron chi connectivity index (χ2n) is 7.64. The molecule has 2 aromatic rings. The minimum Gasteiger partial charge on any atom is -0.337 e. The molecule has 1 fully saturated rings. The summed E-state index contributed by atoms with van der Waals surface area (Å²) < 4.78 is 24.7. The van der Waals surface area contributed by atoms with E-state index in [2.05, 4.69) is 12.1 Å². The molecule has 1 aliphatic heterocycles. The molecule has 2 amide bonds. The van der Waals surface area contributed by atoms with Gasteiger partial charge in [-0.2, -0.15) is 8.98 Å². The van der Waals surface area contributed by atoms with Crippen LogP contribution < -0.4 is 10.4 Å². The molecule has 30 heavy (non-hydrogen) atoms. The maximum Gasteiger partial charge on any atom is 0.288 e. The summed E-state index contributed by atoms with van der Waals surface area (Å²) in [7, 11) is -3.85. The molecular weight excluding hydrogens is 404 g/mol. The van der Waals surface area contributed by atoms with Gasteiger partial charge >= 0.3 is 0 Å². The summed E-state index contributed by atoms with van der Waals surface area (Å²) in [6.07, 6.45) is 6.90. The number of hydrogen-bond acceptors (Lipinski definition) is 5. The van der Waals surface area contributed by atoms with E-state index in [4.69, 9.17) is 5.84 Å². The van der Waals surface area contributed by atoms with Crippen molar-refractivity contribution in [2.24, 2.45) is 11.8 Å². The first kappa shape index (κ1) is 21.9. The topological polar surface area (TPSA) is 105 Å². The van der Waals surface area contributed by atoms with E-state index in [-0.39, 0.29) is 22.4 Å². The van der Waals surface area contributed by atoms with Gasteiger partial charge in [0.05, 0.1) is 6.26 Å². The summed E-state index contributed by atoms with van der Waals surface area (Å²) >= 11 is 0. The van der Waals surface area contributed by atoms with Crippen LogP contribution in [0.4, 0.5) is 0 Å². The van der Waals surface area contributed by atoms with E-state index in [1.54, 1.807) is 16.8 Å². The predicted octanol–water partition coefficient (Wildman–Crippen LogP) is 0.731. The number of amides is 2. The number of rotatable bonds is 6. The zero-order valence-electron chi connectivity index (χ0n) is 17.0. The van der Waals surface area contributed by atoms with Crippen LogP contribution in [0.3, 0.4) is 0 Å². The number of likely N-dealkylation sites (tertiary alicyclic amines) is 1. The van der Waals surface area contributed by atoms with Crippen molar-refractivity contribution in [3.8, 4) is 0 Å². The van der Waals surface area contributed by atoms with Crippen LogP contribution in [0, 0.1) is 5.92 Å². The number of benzene rings is 1. The highest BCUT2D eigenvalue weighted by Gasteiger charge is 2.26. The number of nitrogens with two attached hydrogens (primary N) is 1. The third-order valence-corrected chi connectivity index (χ3v) is 6.20. The van der Waals surface area contributed by atoms with E-state index in [9.17, 15) is 18.0 Å². The van der Waals surface area contributed by atoms with Crippen molar-refractivity contribution in [3.05, 3.63) is 66.0 Å². The zero-order chi connectivity index (χ0) is 21.7. The second kappa shape index (κ2) is 9.36. The lowest BCUT2D eigenvalue weighted by Crippen LogP contribution is -2.48. The van der Waals surface area contributed by atoms with E-state index in [1.807, 2.05) is 23.1 Å². The Morgan fingerprint density at radius 1 is 1.13 bits per heavy atom. The van der Waals surface area contributed by atoms with Gasteiger partial charge in [0.25, 0.3) is 11.8 Å². The van der Waals surface area contributed by atoms with Gasteiger partial charge in [0.1, 0.15) is 5.56 Å². The molecule has 0 radical (unpaired) electrons. The first-order chi connectivity index (χ1) is 14.2. The Morgan fingerprint density at radius 2 is 1.80 bits per heavy atom. The molecule has 3 rings (SSSR count). The highest BCUT2D eigenvalue weighted by Crippen LogP contribution is 2.21. The number of piperidine rings is 1.